The predicted octanol–water partition coefficient (Wildman–Crippen LogP) is 18.0. The minimum absolute atomic E-state index is 0.522. The van der Waals surface area contributed by atoms with E-state index in [1.165, 1.54) is 93.5 Å². The van der Waals surface area contributed by atoms with E-state index in [0.29, 0.717) is 0 Å². The number of hydrogen-bond donors (Lipinski definition) is 0. The summed E-state index contributed by atoms with van der Waals surface area (Å²) in [6.45, 7) is 0. The Kier molecular flexibility index (Phi) is 9.47. The summed E-state index contributed by atoms with van der Waals surface area (Å²) in [6, 6.07) is 101. The molecule has 1 heteroatoms. The summed E-state index contributed by atoms with van der Waals surface area (Å²) in [6.07, 6.45) is 0. The first kappa shape index (κ1) is 39.6. The maximum Gasteiger partial charge on any atom is 0.0714 e. The van der Waals surface area contributed by atoms with Crippen LogP contribution in [0.2, 0.25) is 0 Å². The van der Waals surface area contributed by atoms with Gasteiger partial charge in [-0.25, -0.2) is 0 Å². The Morgan fingerprint density at radius 2 is 0.779 bits per heavy atom. The van der Waals surface area contributed by atoms with Crippen LogP contribution in [0, 0.1) is 0 Å². The molecule has 13 rings (SSSR count). The van der Waals surface area contributed by atoms with Gasteiger partial charge in [0, 0.05) is 16.9 Å². The summed E-state index contributed by atoms with van der Waals surface area (Å²) in [5.74, 6) is 0. The smallest absolute Gasteiger partial charge is 0.0714 e. The van der Waals surface area contributed by atoms with Crippen molar-refractivity contribution >= 4 is 49.4 Å². The molecule has 0 spiro atoms. The lowest BCUT2D eigenvalue weighted by Gasteiger charge is -2.34. The molecule has 1 aliphatic carbocycles. The SMILES string of the molecule is c1ccc(-c2c(-c3ccccc3)c3cc(-c4cccc(N(c5ccc6ccccc6c5)c5cccc6c5-c5ccccc5C6(c5ccccc5)c5ccccc5)c4)ccc3c3ccccc23)cc1. The highest BCUT2D eigenvalue weighted by Crippen LogP contribution is 2.59. The van der Waals surface area contributed by atoms with E-state index in [-0.39, 0.29) is 0 Å². The topological polar surface area (TPSA) is 3.24 Å². The zero-order chi connectivity index (χ0) is 45.0. The van der Waals surface area contributed by atoms with Gasteiger partial charge in [0.25, 0.3) is 0 Å². The van der Waals surface area contributed by atoms with Gasteiger partial charge >= 0.3 is 0 Å². The normalized spacial score (nSPS) is 12.5. The minimum atomic E-state index is -0.522. The predicted molar refractivity (Wildman–Crippen MR) is 287 cm³/mol. The van der Waals surface area contributed by atoms with Crippen LogP contribution in [0.15, 0.2) is 273 Å². The lowest BCUT2D eigenvalue weighted by molar-refractivity contribution is 0.768. The highest BCUT2D eigenvalue weighted by atomic mass is 15.1. The van der Waals surface area contributed by atoms with Crippen LogP contribution in [0.5, 0.6) is 0 Å². The monoisotopic (exact) mass is 863 g/mol. The van der Waals surface area contributed by atoms with Crippen molar-refractivity contribution in [2.45, 2.75) is 5.41 Å². The fourth-order valence-electron chi connectivity index (χ4n) is 11.4. The zero-order valence-electron chi connectivity index (χ0n) is 37.4. The Hall–Kier alpha value is -8.78. The van der Waals surface area contributed by atoms with Gasteiger partial charge in [0.2, 0.25) is 0 Å². The van der Waals surface area contributed by atoms with Crippen molar-refractivity contribution in [2.24, 2.45) is 0 Å². The third-order valence-electron chi connectivity index (χ3n) is 14.3. The van der Waals surface area contributed by atoms with E-state index < -0.39 is 5.41 Å². The van der Waals surface area contributed by atoms with Gasteiger partial charge in [-0.15, -0.1) is 0 Å². The molecule has 0 unspecified atom stereocenters. The summed E-state index contributed by atoms with van der Waals surface area (Å²) in [4.78, 5) is 2.50. The molecule has 1 nitrogen and oxygen atoms in total. The molecule has 1 aliphatic rings. The fraction of sp³-hybridized carbons (Fsp3) is 0.0149. The maximum atomic E-state index is 2.50. The van der Waals surface area contributed by atoms with E-state index >= 15 is 0 Å². The first-order chi connectivity index (χ1) is 33.8. The second-order valence-corrected chi connectivity index (χ2v) is 17.9. The number of rotatable bonds is 8. The Bertz CT molecular complexity index is 3800. The van der Waals surface area contributed by atoms with Crippen molar-refractivity contribution in [1.82, 2.24) is 0 Å². The van der Waals surface area contributed by atoms with Gasteiger partial charge in [-0.1, -0.05) is 237 Å². The summed E-state index contributed by atoms with van der Waals surface area (Å²) in [7, 11) is 0. The Morgan fingerprint density at radius 3 is 1.50 bits per heavy atom. The Labute approximate surface area is 397 Å². The first-order valence-electron chi connectivity index (χ1n) is 23.6. The molecular formula is C67H45N. The van der Waals surface area contributed by atoms with Crippen molar-refractivity contribution < 1.29 is 0 Å². The molecule has 12 aromatic rings. The van der Waals surface area contributed by atoms with Gasteiger partial charge in [0.1, 0.15) is 0 Å². The molecule has 0 amide bonds. The lowest BCUT2D eigenvalue weighted by Crippen LogP contribution is -2.28. The third kappa shape index (κ3) is 6.24. The largest absolute Gasteiger partial charge is 0.310 e. The van der Waals surface area contributed by atoms with Gasteiger partial charge < -0.3 is 4.90 Å². The molecule has 0 aliphatic heterocycles. The van der Waals surface area contributed by atoms with Gasteiger partial charge in [0.15, 0.2) is 0 Å². The van der Waals surface area contributed by atoms with Crippen LogP contribution in [0.1, 0.15) is 22.3 Å². The second kappa shape index (κ2) is 16.3. The molecule has 0 saturated carbocycles. The summed E-state index contributed by atoms with van der Waals surface area (Å²) >= 11 is 0. The van der Waals surface area contributed by atoms with Crippen LogP contribution < -0.4 is 4.90 Å². The van der Waals surface area contributed by atoms with Gasteiger partial charge in [-0.2, -0.15) is 0 Å². The quantitative estimate of drug-likeness (QED) is 0.138. The van der Waals surface area contributed by atoms with E-state index in [1.54, 1.807) is 0 Å². The molecule has 0 aromatic heterocycles. The Balaban J connectivity index is 1.06. The van der Waals surface area contributed by atoms with Crippen LogP contribution >= 0.6 is 0 Å². The molecule has 0 saturated heterocycles. The number of fused-ring (bicyclic) bond motifs is 7. The van der Waals surface area contributed by atoms with Crippen molar-refractivity contribution in [2.75, 3.05) is 4.90 Å². The molecule has 0 fully saturated rings. The van der Waals surface area contributed by atoms with Gasteiger partial charge in [-0.3, -0.25) is 0 Å². The van der Waals surface area contributed by atoms with Crippen LogP contribution in [-0.4, -0.2) is 0 Å². The van der Waals surface area contributed by atoms with Crippen LogP contribution in [-0.2, 0) is 5.41 Å². The highest BCUT2D eigenvalue weighted by molar-refractivity contribution is 6.22. The van der Waals surface area contributed by atoms with Crippen molar-refractivity contribution in [3.8, 4) is 44.5 Å². The molecule has 0 radical (unpaired) electrons. The highest BCUT2D eigenvalue weighted by Gasteiger charge is 2.47. The standard InChI is InChI=1S/C67H45N/c1-5-22-47(23-6-1)64-58-34-16-15-33-56(58)57-42-40-51(45-60(57)65(64)48-24-7-2-8-25-48)50-27-19-32-54(44-50)68(55-41-39-46-21-13-14-26-49(46)43-55)63-38-20-37-62-66(63)59-35-17-18-36-61(59)67(62,52-28-9-3-10-29-52)53-30-11-4-12-31-53/h1-45H. The van der Waals surface area contributed by atoms with Crippen molar-refractivity contribution in [3.63, 3.8) is 0 Å². The molecule has 0 heterocycles. The fourth-order valence-corrected chi connectivity index (χ4v) is 11.4. The number of anilines is 3. The lowest BCUT2D eigenvalue weighted by atomic mass is 9.68. The average molecular weight is 864 g/mol. The molecule has 68 heavy (non-hydrogen) atoms. The van der Waals surface area contributed by atoms with Crippen LogP contribution in [0.25, 0.3) is 76.8 Å². The second-order valence-electron chi connectivity index (χ2n) is 17.9. The van der Waals surface area contributed by atoms with Crippen molar-refractivity contribution in [3.05, 3.63) is 295 Å². The first-order valence-corrected chi connectivity index (χ1v) is 23.6. The number of hydrogen-bond acceptors (Lipinski definition) is 1. The van der Waals surface area contributed by atoms with Crippen LogP contribution in [0.3, 0.4) is 0 Å². The molecule has 0 N–H and O–H groups in total. The van der Waals surface area contributed by atoms with E-state index in [9.17, 15) is 0 Å². The molecular weight excluding hydrogens is 819 g/mol. The van der Waals surface area contributed by atoms with Crippen molar-refractivity contribution in [1.29, 1.82) is 0 Å². The van der Waals surface area contributed by atoms with E-state index in [0.717, 1.165) is 22.6 Å². The summed E-state index contributed by atoms with van der Waals surface area (Å²) < 4.78 is 0. The average Bonchev–Trinajstić information content (AvgIpc) is 3.73. The van der Waals surface area contributed by atoms with Crippen LogP contribution in [0.4, 0.5) is 17.1 Å². The van der Waals surface area contributed by atoms with E-state index in [4.69, 9.17) is 0 Å². The van der Waals surface area contributed by atoms with Gasteiger partial charge in [0.05, 0.1) is 11.1 Å². The molecule has 318 valence electrons. The Morgan fingerprint density at radius 1 is 0.265 bits per heavy atom. The minimum Gasteiger partial charge on any atom is -0.310 e. The number of benzene rings is 12. The molecule has 0 bridgehead atoms. The zero-order valence-corrected chi connectivity index (χ0v) is 37.4. The molecule has 12 aromatic carbocycles. The maximum absolute atomic E-state index is 2.50. The third-order valence-corrected chi connectivity index (χ3v) is 14.3. The van der Waals surface area contributed by atoms with E-state index in [2.05, 4.69) is 278 Å². The summed E-state index contributed by atoms with van der Waals surface area (Å²) in [5.41, 5.74) is 17.6. The number of nitrogens with zero attached hydrogens (tertiary/aromatic N) is 1. The summed E-state index contributed by atoms with van der Waals surface area (Å²) in [5, 5.41) is 7.41. The molecule has 0 atom stereocenters. The van der Waals surface area contributed by atoms with Gasteiger partial charge in [-0.05, 0) is 130 Å². The van der Waals surface area contributed by atoms with E-state index in [1.807, 2.05) is 0 Å².